The van der Waals surface area contributed by atoms with Gasteiger partial charge in [-0.05, 0) is 60.2 Å². The summed E-state index contributed by atoms with van der Waals surface area (Å²) in [7, 11) is 0. The van der Waals surface area contributed by atoms with Gasteiger partial charge in [0, 0.05) is 48.3 Å². The van der Waals surface area contributed by atoms with Crippen molar-refractivity contribution >= 4 is 17.6 Å². The molecule has 2 aliphatic rings. The third-order valence-corrected chi connectivity index (χ3v) is 8.41. The Hall–Kier alpha value is -4.89. The van der Waals surface area contributed by atoms with Crippen LogP contribution in [0.5, 0.6) is 23.0 Å². The summed E-state index contributed by atoms with van der Waals surface area (Å²) < 4.78 is 39.3. The maximum atomic E-state index is 15.6. The molecule has 1 aromatic heterocycles. The van der Waals surface area contributed by atoms with Gasteiger partial charge in [-0.15, -0.1) is 0 Å². The maximum absolute atomic E-state index is 15.6. The van der Waals surface area contributed by atoms with E-state index < -0.39 is 17.8 Å². The van der Waals surface area contributed by atoms with Crippen molar-refractivity contribution in [3.63, 3.8) is 0 Å². The quantitative estimate of drug-likeness (QED) is 0.172. The molecule has 242 valence electrons. The molecule has 2 atom stereocenters. The van der Waals surface area contributed by atoms with Crippen LogP contribution in [-0.4, -0.2) is 47.0 Å². The maximum Gasteiger partial charge on any atom is 0.320 e. The van der Waals surface area contributed by atoms with Crippen molar-refractivity contribution in [2.45, 2.75) is 44.6 Å². The van der Waals surface area contributed by atoms with E-state index in [1.54, 1.807) is 36.5 Å². The van der Waals surface area contributed by atoms with Crippen LogP contribution in [0.4, 0.5) is 4.39 Å². The summed E-state index contributed by atoms with van der Waals surface area (Å²) >= 11 is 6.73. The van der Waals surface area contributed by atoms with Gasteiger partial charge in [-0.1, -0.05) is 29.8 Å². The standard InChI is InChI=1S/C35H31ClFN3O7/c36-27-13-22(18-40-28(8-9-41)35(42)43)31(46-19-21-12-20(15-38)16-39-17-21)14-32(27)47-29-6-4-24-23(2-1-3-25(24)29)26-5-7-30-34(33(26)37)45-11-10-44-30/h1-3,5,7,12-14,16-17,28-29,40-41H,4,6,8-11,18-19H2,(H,42,43)/t28?,29-/m0/s1. The van der Waals surface area contributed by atoms with Crippen LogP contribution in [0, 0.1) is 17.1 Å². The lowest BCUT2D eigenvalue weighted by Gasteiger charge is -2.21. The molecule has 2 heterocycles. The fraction of sp³-hybridized carbons (Fsp3) is 0.286. The molecule has 0 saturated carbocycles. The lowest BCUT2D eigenvalue weighted by atomic mass is 9.96. The zero-order chi connectivity index (χ0) is 32.9. The Labute approximate surface area is 275 Å². The fourth-order valence-electron chi connectivity index (χ4n) is 5.84. The van der Waals surface area contributed by atoms with Gasteiger partial charge in [0.05, 0.1) is 10.6 Å². The number of carboxylic acids is 1. The van der Waals surface area contributed by atoms with Gasteiger partial charge in [0.25, 0.3) is 0 Å². The third kappa shape index (κ3) is 6.95. The van der Waals surface area contributed by atoms with E-state index in [0.717, 1.165) is 16.7 Å². The average molecular weight is 660 g/mol. The van der Waals surface area contributed by atoms with Gasteiger partial charge in [0.15, 0.2) is 17.3 Å². The summed E-state index contributed by atoms with van der Waals surface area (Å²) in [5.74, 6) is -0.312. The van der Waals surface area contributed by atoms with Crippen LogP contribution in [0.3, 0.4) is 0 Å². The summed E-state index contributed by atoms with van der Waals surface area (Å²) in [6.07, 6.45) is 3.96. The Balaban J connectivity index is 1.28. The number of nitrogens with one attached hydrogen (secondary N) is 1. The Morgan fingerprint density at radius 3 is 2.81 bits per heavy atom. The number of halogens is 2. The molecule has 0 fully saturated rings. The van der Waals surface area contributed by atoms with E-state index in [4.69, 9.17) is 30.5 Å². The van der Waals surface area contributed by atoms with Crippen LogP contribution < -0.4 is 24.3 Å². The molecule has 12 heteroatoms. The molecule has 0 saturated heterocycles. The van der Waals surface area contributed by atoms with Gasteiger partial charge in [0.1, 0.15) is 49.5 Å². The Bertz CT molecular complexity index is 1850. The van der Waals surface area contributed by atoms with Gasteiger partial charge in [0.2, 0.25) is 0 Å². The van der Waals surface area contributed by atoms with Crippen molar-refractivity contribution in [2.75, 3.05) is 19.8 Å². The van der Waals surface area contributed by atoms with Crippen LogP contribution in [-0.2, 0) is 24.4 Å². The smallest absolute Gasteiger partial charge is 0.320 e. The molecule has 10 nitrogen and oxygen atoms in total. The van der Waals surface area contributed by atoms with E-state index in [1.807, 2.05) is 18.2 Å². The monoisotopic (exact) mass is 659 g/mol. The number of pyridine rings is 1. The van der Waals surface area contributed by atoms with Crippen molar-refractivity contribution in [1.82, 2.24) is 10.3 Å². The number of nitriles is 1. The summed E-state index contributed by atoms with van der Waals surface area (Å²) in [6, 6.07) is 15.2. The summed E-state index contributed by atoms with van der Waals surface area (Å²) in [5, 5.41) is 31.3. The number of benzene rings is 3. The van der Waals surface area contributed by atoms with Crippen LogP contribution in [0.1, 0.15) is 46.8 Å². The SMILES string of the molecule is N#Cc1cncc(COc2cc(O[C@H]3CCc4c(-c5ccc6c(c5F)OCCO6)cccc43)c(Cl)cc2CNC(CCO)C(=O)O)c1. The van der Waals surface area contributed by atoms with Crippen LogP contribution >= 0.6 is 11.6 Å². The first-order valence-corrected chi connectivity index (χ1v) is 15.5. The number of aliphatic hydroxyl groups excluding tert-OH is 1. The number of nitrogens with zero attached hydrogens (tertiary/aromatic N) is 2. The van der Waals surface area contributed by atoms with E-state index in [9.17, 15) is 20.3 Å². The van der Waals surface area contributed by atoms with Crippen molar-refractivity contribution in [3.05, 3.63) is 99.6 Å². The predicted molar refractivity (Wildman–Crippen MR) is 169 cm³/mol. The van der Waals surface area contributed by atoms with E-state index >= 15 is 4.39 Å². The largest absolute Gasteiger partial charge is 0.488 e. The number of carbonyl (C=O) groups is 1. The minimum Gasteiger partial charge on any atom is -0.488 e. The molecule has 47 heavy (non-hydrogen) atoms. The Morgan fingerprint density at radius 2 is 2.00 bits per heavy atom. The molecule has 6 rings (SSSR count). The van der Waals surface area contributed by atoms with Crippen LogP contribution in [0.15, 0.2) is 60.9 Å². The van der Waals surface area contributed by atoms with Gasteiger partial charge in [-0.2, -0.15) is 5.26 Å². The highest BCUT2D eigenvalue weighted by atomic mass is 35.5. The molecule has 0 radical (unpaired) electrons. The van der Waals surface area contributed by atoms with E-state index in [1.165, 1.54) is 6.20 Å². The van der Waals surface area contributed by atoms with Gasteiger partial charge in [-0.25, -0.2) is 4.39 Å². The number of rotatable bonds is 12. The second kappa shape index (κ2) is 14.3. The van der Waals surface area contributed by atoms with Gasteiger partial charge in [-0.3, -0.25) is 9.78 Å². The predicted octanol–water partition coefficient (Wildman–Crippen LogP) is 5.75. The van der Waals surface area contributed by atoms with Crippen molar-refractivity contribution < 1.29 is 38.3 Å². The first-order chi connectivity index (χ1) is 22.9. The minimum absolute atomic E-state index is 0.0201. The summed E-state index contributed by atoms with van der Waals surface area (Å²) in [4.78, 5) is 15.7. The molecule has 0 spiro atoms. The van der Waals surface area contributed by atoms with Crippen molar-refractivity contribution in [2.24, 2.45) is 0 Å². The highest BCUT2D eigenvalue weighted by molar-refractivity contribution is 6.32. The van der Waals surface area contributed by atoms with Crippen LogP contribution in [0.2, 0.25) is 5.02 Å². The topological polar surface area (TPSA) is 143 Å². The third-order valence-electron chi connectivity index (χ3n) is 8.11. The first kappa shape index (κ1) is 32.1. The molecular weight excluding hydrogens is 629 g/mol. The first-order valence-electron chi connectivity index (χ1n) is 15.1. The van der Waals surface area contributed by atoms with E-state index in [0.29, 0.717) is 64.0 Å². The van der Waals surface area contributed by atoms with E-state index in [-0.39, 0.29) is 44.6 Å². The molecule has 1 aliphatic carbocycles. The van der Waals surface area contributed by atoms with Crippen LogP contribution in [0.25, 0.3) is 11.1 Å². The molecule has 0 amide bonds. The summed E-state index contributed by atoms with van der Waals surface area (Å²) in [6.45, 7) is 0.515. The van der Waals surface area contributed by atoms with Crippen molar-refractivity contribution in [1.29, 1.82) is 5.26 Å². The lowest BCUT2D eigenvalue weighted by molar-refractivity contribution is -0.140. The number of hydrogen-bond acceptors (Lipinski definition) is 9. The number of aliphatic hydroxyl groups is 1. The highest BCUT2D eigenvalue weighted by Crippen LogP contribution is 2.45. The molecule has 1 unspecified atom stereocenters. The fourth-order valence-corrected chi connectivity index (χ4v) is 6.07. The molecule has 3 N–H and O–H groups in total. The zero-order valence-electron chi connectivity index (χ0n) is 25.2. The normalized spacial score (nSPS) is 15.4. The Kier molecular flexibility index (Phi) is 9.73. The average Bonchev–Trinajstić information content (AvgIpc) is 3.50. The summed E-state index contributed by atoms with van der Waals surface area (Å²) in [5.41, 5.74) is 4.67. The second-order valence-electron chi connectivity index (χ2n) is 11.1. The number of carboxylic acid groups (broad SMARTS) is 1. The number of aliphatic carboxylic acids is 1. The number of ether oxygens (including phenoxy) is 4. The molecular formula is C35H31ClFN3O7. The molecule has 1 aliphatic heterocycles. The minimum atomic E-state index is -1.10. The van der Waals surface area contributed by atoms with Crippen molar-refractivity contribution in [3.8, 4) is 40.2 Å². The highest BCUT2D eigenvalue weighted by Gasteiger charge is 2.30. The van der Waals surface area contributed by atoms with E-state index in [2.05, 4.69) is 16.4 Å². The zero-order valence-corrected chi connectivity index (χ0v) is 25.9. The second-order valence-corrected chi connectivity index (χ2v) is 11.5. The lowest BCUT2D eigenvalue weighted by Crippen LogP contribution is -2.37. The Morgan fingerprint density at radius 1 is 1.15 bits per heavy atom. The van der Waals surface area contributed by atoms with Gasteiger partial charge >= 0.3 is 5.97 Å². The molecule has 4 aromatic rings. The van der Waals surface area contributed by atoms with Gasteiger partial charge < -0.3 is 34.5 Å². The molecule has 0 bridgehead atoms. The number of hydrogen-bond donors (Lipinski definition) is 3. The number of aromatic nitrogens is 1. The number of fused-ring (bicyclic) bond motifs is 2. The molecule has 3 aromatic carbocycles.